The van der Waals surface area contributed by atoms with Crippen LogP contribution in [-0.4, -0.2) is 0 Å². The molecule has 1 heteroatoms. The predicted octanol–water partition coefficient (Wildman–Crippen LogP) is 13.4. The molecule has 10 rings (SSSR count). The second-order valence-electron chi connectivity index (χ2n) is 15.1. The maximum Gasteiger partial charge on any atom is 0.0197 e. The molecule has 236 valence electrons. The summed E-state index contributed by atoms with van der Waals surface area (Å²) in [5, 5.41) is 2.58. The average Bonchev–Trinajstić information content (AvgIpc) is 3.15. The minimum absolute atomic E-state index is 0.670. The van der Waals surface area contributed by atoms with Gasteiger partial charge in [-0.05, 0) is 152 Å². The quantitative estimate of drug-likeness (QED) is 0.183. The highest BCUT2D eigenvalue weighted by atomic mass is 32.1. The van der Waals surface area contributed by atoms with Gasteiger partial charge in [0, 0.05) is 4.90 Å². The third kappa shape index (κ3) is 4.29. The molecular weight excluding hydrogens is 597 g/mol. The number of fused-ring (bicyclic) bond motifs is 7. The summed E-state index contributed by atoms with van der Waals surface area (Å²) in [6.07, 6.45) is 9.84. The molecule has 0 nitrogen and oxygen atoms in total. The van der Waals surface area contributed by atoms with Crippen LogP contribution < -0.4 is 0 Å². The maximum atomic E-state index is 5.19. The summed E-state index contributed by atoms with van der Waals surface area (Å²) in [6.45, 7) is 2.24. The zero-order valence-corrected chi connectivity index (χ0v) is 28.6. The highest BCUT2D eigenvalue weighted by molar-refractivity contribution is 7.80. The molecule has 2 saturated carbocycles. The van der Waals surface area contributed by atoms with Crippen molar-refractivity contribution in [3.05, 3.63) is 138 Å². The van der Waals surface area contributed by atoms with Crippen LogP contribution in [0.4, 0.5) is 0 Å². The SMILES string of the molecule is Cc1c(-c2cccc(-c3cccc(-c4ccc5c(c4)-c4cccc6c4C4C5CCCC4C4CCCCC64)c3)c2S)ccc2ccccc12. The van der Waals surface area contributed by atoms with Crippen LogP contribution in [0.1, 0.15) is 85.0 Å². The lowest BCUT2D eigenvalue weighted by Gasteiger charge is -2.54. The minimum atomic E-state index is 0.670. The molecule has 6 aromatic carbocycles. The van der Waals surface area contributed by atoms with Crippen LogP contribution in [0.5, 0.6) is 0 Å². The second-order valence-corrected chi connectivity index (χ2v) is 15.6. The molecule has 5 unspecified atom stereocenters. The Labute approximate surface area is 290 Å². The highest BCUT2D eigenvalue weighted by Crippen LogP contribution is 2.65. The van der Waals surface area contributed by atoms with Crippen molar-refractivity contribution in [2.45, 2.75) is 74.5 Å². The number of aryl methyl sites for hydroxylation is 1. The van der Waals surface area contributed by atoms with Gasteiger partial charge in [0.1, 0.15) is 0 Å². The van der Waals surface area contributed by atoms with Crippen molar-refractivity contribution in [1.29, 1.82) is 0 Å². The molecule has 0 heterocycles. The molecular formula is C47H42S. The molecule has 0 N–H and O–H groups in total. The van der Waals surface area contributed by atoms with E-state index in [9.17, 15) is 0 Å². The fraction of sp³-hybridized carbons (Fsp3) is 0.277. The van der Waals surface area contributed by atoms with E-state index in [0.717, 1.165) is 28.6 Å². The number of rotatable bonds is 3. The van der Waals surface area contributed by atoms with E-state index < -0.39 is 0 Å². The van der Waals surface area contributed by atoms with Crippen LogP contribution in [0.25, 0.3) is 55.3 Å². The van der Waals surface area contributed by atoms with Gasteiger partial charge < -0.3 is 0 Å². The van der Waals surface area contributed by atoms with Gasteiger partial charge in [0.05, 0.1) is 0 Å². The summed E-state index contributed by atoms with van der Waals surface area (Å²) >= 11 is 5.19. The molecule has 0 bridgehead atoms. The number of thiol groups is 1. The molecule has 48 heavy (non-hydrogen) atoms. The minimum Gasteiger partial charge on any atom is -0.142 e. The van der Waals surface area contributed by atoms with Gasteiger partial charge in [-0.1, -0.05) is 122 Å². The normalized spacial score (nSPS) is 23.7. The van der Waals surface area contributed by atoms with Gasteiger partial charge in [0.15, 0.2) is 0 Å². The first-order valence-electron chi connectivity index (χ1n) is 18.3. The molecule has 4 aliphatic rings. The lowest BCUT2D eigenvalue weighted by atomic mass is 9.50. The first-order chi connectivity index (χ1) is 23.7. The monoisotopic (exact) mass is 638 g/mol. The highest BCUT2D eigenvalue weighted by Gasteiger charge is 2.50. The summed E-state index contributed by atoms with van der Waals surface area (Å²) in [7, 11) is 0. The van der Waals surface area contributed by atoms with Gasteiger partial charge in [-0.15, -0.1) is 12.6 Å². The summed E-state index contributed by atoms with van der Waals surface area (Å²) in [5.41, 5.74) is 16.8. The summed E-state index contributed by atoms with van der Waals surface area (Å²) < 4.78 is 0. The first kappa shape index (κ1) is 28.9. The van der Waals surface area contributed by atoms with E-state index in [-0.39, 0.29) is 0 Å². The predicted molar refractivity (Wildman–Crippen MR) is 205 cm³/mol. The summed E-state index contributed by atoms with van der Waals surface area (Å²) in [6, 6.07) is 43.7. The van der Waals surface area contributed by atoms with Gasteiger partial charge >= 0.3 is 0 Å². The van der Waals surface area contributed by atoms with E-state index in [1.54, 1.807) is 16.7 Å². The smallest absolute Gasteiger partial charge is 0.0197 e. The number of hydrogen-bond acceptors (Lipinski definition) is 1. The van der Waals surface area contributed by atoms with Gasteiger partial charge in [-0.3, -0.25) is 0 Å². The summed E-state index contributed by atoms with van der Waals surface area (Å²) in [5.74, 6) is 3.94. The zero-order valence-electron chi connectivity index (χ0n) is 27.8. The van der Waals surface area contributed by atoms with E-state index in [1.165, 1.54) is 106 Å². The van der Waals surface area contributed by atoms with Crippen LogP contribution >= 0.6 is 12.6 Å². The lowest BCUT2D eigenvalue weighted by Crippen LogP contribution is -2.41. The fourth-order valence-electron chi connectivity index (χ4n) is 10.9. The molecule has 0 amide bonds. The van der Waals surface area contributed by atoms with Crippen molar-refractivity contribution in [3.8, 4) is 44.5 Å². The van der Waals surface area contributed by atoms with Gasteiger partial charge in [-0.25, -0.2) is 0 Å². The molecule has 0 saturated heterocycles. The van der Waals surface area contributed by atoms with Crippen molar-refractivity contribution < 1.29 is 0 Å². The van der Waals surface area contributed by atoms with Crippen LogP contribution in [0.3, 0.4) is 0 Å². The molecule has 0 aromatic heterocycles. The maximum absolute atomic E-state index is 5.19. The Morgan fingerprint density at radius 1 is 0.500 bits per heavy atom. The van der Waals surface area contributed by atoms with E-state index >= 15 is 0 Å². The van der Waals surface area contributed by atoms with E-state index in [0.29, 0.717) is 5.92 Å². The standard InChI is InChI=1S/C47H42S/c1-28-33-13-3-2-10-29(33)22-24-34(28)43-21-7-16-35(47(43)48)32-12-6-11-30(26-32)31-23-25-38-41-19-8-17-39-36-14-4-5-15-37(36)40-18-9-20-42(44(38)27-31)46(40)45(39)41/h2-3,6-7,9-13,16,18,20-27,36-37,39,41,45,48H,4-5,8,14-15,17,19H2,1H3. The Morgan fingerprint density at radius 2 is 1.25 bits per heavy atom. The second kappa shape index (κ2) is 11.2. The lowest BCUT2D eigenvalue weighted by molar-refractivity contribution is 0.115. The summed E-state index contributed by atoms with van der Waals surface area (Å²) in [4.78, 5) is 1.04. The Hall–Kier alpha value is -4.07. The first-order valence-corrected chi connectivity index (χ1v) is 18.8. The van der Waals surface area contributed by atoms with E-state index in [2.05, 4.69) is 122 Å². The van der Waals surface area contributed by atoms with Crippen LogP contribution in [0.15, 0.2) is 120 Å². The van der Waals surface area contributed by atoms with Gasteiger partial charge in [0.25, 0.3) is 0 Å². The van der Waals surface area contributed by atoms with Crippen molar-refractivity contribution in [2.75, 3.05) is 0 Å². The molecule has 0 spiro atoms. The van der Waals surface area contributed by atoms with Crippen molar-refractivity contribution >= 4 is 23.4 Å². The van der Waals surface area contributed by atoms with Crippen molar-refractivity contribution in [2.24, 2.45) is 11.8 Å². The number of hydrogen-bond donors (Lipinski definition) is 1. The molecule has 2 fully saturated rings. The van der Waals surface area contributed by atoms with Crippen LogP contribution in [0.2, 0.25) is 0 Å². The third-order valence-corrected chi connectivity index (χ3v) is 13.4. The molecule has 5 atom stereocenters. The average molecular weight is 639 g/mol. The largest absolute Gasteiger partial charge is 0.142 e. The van der Waals surface area contributed by atoms with Crippen molar-refractivity contribution in [1.82, 2.24) is 0 Å². The Morgan fingerprint density at radius 3 is 2.21 bits per heavy atom. The van der Waals surface area contributed by atoms with Crippen LogP contribution in [-0.2, 0) is 0 Å². The third-order valence-electron chi connectivity index (χ3n) is 13.0. The number of benzene rings is 6. The van der Waals surface area contributed by atoms with Crippen LogP contribution in [0, 0.1) is 18.8 Å². The molecule has 0 radical (unpaired) electrons. The Kier molecular flexibility index (Phi) is 6.77. The van der Waals surface area contributed by atoms with E-state index in [1.807, 2.05) is 0 Å². The fourth-order valence-corrected chi connectivity index (χ4v) is 11.3. The van der Waals surface area contributed by atoms with E-state index in [4.69, 9.17) is 12.6 Å². The molecule has 6 aromatic rings. The molecule has 4 aliphatic carbocycles. The Bertz CT molecular complexity index is 2240. The molecule has 0 aliphatic heterocycles. The van der Waals surface area contributed by atoms with Gasteiger partial charge in [0.2, 0.25) is 0 Å². The Balaban J connectivity index is 1.06. The van der Waals surface area contributed by atoms with Gasteiger partial charge in [-0.2, -0.15) is 0 Å². The topological polar surface area (TPSA) is 0 Å². The van der Waals surface area contributed by atoms with Crippen molar-refractivity contribution in [3.63, 3.8) is 0 Å². The zero-order chi connectivity index (χ0) is 31.9.